The Kier molecular flexibility index (Phi) is 8.92. The molecule has 8 N–H and O–H groups in total. The van der Waals surface area contributed by atoms with Crippen LogP contribution in [0.4, 0.5) is 0 Å². The van der Waals surface area contributed by atoms with Crippen molar-refractivity contribution >= 4 is 11.7 Å². The SMILES string of the molecule is CC1(C)C(=O)C(=O)NC1Cc1ccc(O[C@@H]2O[C@H](CO)[C@@H](O[C@@H]3O[C@H](CO)[C@@H](O)[C@H](O)[C@H]3O)[C@H](O)[C@H]2O)cc1. The van der Waals surface area contributed by atoms with Gasteiger partial charge in [-0.05, 0) is 24.1 Å². The van der Waals surface area contributed by atoms with E-state index < -0.39 is 91.7 Å². The fourth-order valence-corrected chi connectivity index (χ4v) is 4.89. The molecular formula is C25H35NO13. The Balaban J connectivity index is 1.39. The number of amides is 1. The number of rotatable bonds is 8. The van der Waals surface area contributed by atoms with E-state index in [-0.39, 0.29) is 11.8 Å². The number of Topliss-reactive ketones (excluding diaryl/α,β-unsaturated/α-hetero) is 1. The van der Waals surface area contributed by atoms with Crippen molar-refractivity contribution in [3.05, 3.63) is 29.8 Å². The third-order valence-corrected chi connectivity index (χ3v) is 7.54. The lowest BCUT2D eigenvalue weighted by molar-refractivity contribution is -0.352. The van der Waals surface area contributed by atoms with E-state index >= 15 is 0 Å². The van der Waals surface area contributed by atoms with Gasteiger partial charge in [0.05, 0.1) is 18.6 Å². The van der Waals surface area contributed by atoms with Gasteiger partial charge in [0, 0.05) is 6.04 Å². The Hall–Kier alpha value is -2.24. The highest BCUT2D eigenvalue weighted by Crippen LogP contribution is 2.32. The molecule has 4 rings (SSSR count). The van der Waals surface area contributed by atoms with E-state index in [0.29, 0.717) is 6.42 Å². The zero-order chi connectivity index (χ0) is 28.6. The van der Waals surface area contributed by atoms with Gasteiger partial charge in [0.2, 0.25) is 12.1 Å². The molecule has 3 saturated heterocycles. The molecule has 1 aromatic carbocycles. The molecule has 0 bridgehead atoms. The molecule has 3 heterocycles. The molecule has 1 amide bonds. The standard InChI is InChI=1S/C25H35NO13/c1-25(2)14(26-22(35)21(25)34)7-10-3-5-11(6-4-10)36-23-19(33)17(31)20(13(9-28)38-23)39-24-18(32)16(30)15(29)12(8-27)37-24/h3-6,12-20,23-24,27-33H,7-9H2,1-2H3,(H,26,35)/t12-,13-,14?,15-,16+,17-,18-,19-,20-,23-,24+/m1/s1. The van der Waals surface area contributed by atoms with Crippen LogP contribution in [0.5, 0.6) is 5.75 Å². The molecule has 0 radical (unpaired) electrons. The predicted octanol–water partition coefficient (Wildman–Crippen LogP) is -3.67. The fraction of sp³-hybridized carbons (Fsp3) is 0.680. The zero-order valence-electron chi connectivity index (χ0n) is 21.4. The summed E-state index contributed by atoms with van der Waals surface area (Å²) in [5, 5.41) is 73.4. The van der Waals surface area contributed by atoms with E-state index in [4.69, 9.17) is 18.9 Å². The van der Waals surface area contributed by atoms with Gasteiger partial charge in [-0.1, -0.05) is 26.0 Å². The second kappa shape index (κ2) is 11.7. The third-order valence-electron chi connectivity index (χ3n) is 7.54. The number of aliphatic hydroxyl groups is 7. The topological polar surface area (TPSA) is 225 Å². The van der Waals surface area contributed by atoms with Crippen LogP contribution in [0, 0.1) is 5.41 Å². The molecule has 3 aliphatic rings. The monoisotopic (exact) mass is 557 g/mol. The Morgan fingerprint density at radius 1 is 0.821 bits per heavy atom. The van der Waals surface area contributed by atoms with Gasteiger partial charge >= 0.3 is 0 Å². The summed E-state index contributed by atoms with van der Waals surface area (Å²) in [6.07, 6.45) is -15.1. The number of hydrogen-bond donors (Lipinski definition) is 8. The molecule has 0 aromatic heterocycles. The van der Waals surface area contributed by atoms with Crippen molar-refractivity contribution in [1.29, 1.82) is 0 Å². The van der Waals surface area contributed by atoms with Gasteiger partial charge in [0.15, 0.2) is 6.29 Å². The van der Waals surface area contributed by atoms with Crippen LogP contribution in [-0.4, -0.2) is 128 Å². The van der Waals surface area contributed by atoms with Crippen molar-refractivity contribution < 1.29 is 64.3 Å². The lowest BCUT2D eigenvalue weighted by atomic mass is 9.81. The van der Waals surface area contributed by atoms with Gasteiger partial charge in [-0.2, -0.15) is 0 Å². The highest BCUT2D eigenvalue weighted by Gasteiger charge is 2.51. The van der Waals surface area contributed by atoms with E-state index in [9.17, 15) is 45.3 Å². The number of carbonyl (C=O) groups is 2. The summed E-state index contributed by atoms with van der Waals surface area (Å²) in [5.74, 6) is -0.827. The molecule has 0 aliphatic carbocycles. The maximum Gasteiger partial charge on any atom is 0.288 e. The van der Waals surface area contributed by atoms with Crippen molar-refractivity contribution in [1.82, 2.24) is 5.32 Å². The van der Waals surface area contributed by atoms with Crippen molar-refractivity contribution in [3.63, 3.8) is 0 Å². The first-order valence-electron chi connectivity index (χ1n) is 12.6. The van der Waals surface area contributed by atoms with Crippen molar-refractivity contribution in [2.45, 2.75) is 87.7 Å². The number of aliphatic hydroxyl groups excluding tert-OH is 7. The predicted molar refractivity (Wildman–Crippen MR) is 128 cm³/mol. The maximum atomic E-state index is 12.1. The van der Waals surface area contributed by atoms with E-state index in [1.807, 2.05) is 0 Å². The van der Waals surface area contributed by atoms with Crippen LogP contribution in [0.3, 0.4) is 0 Å². The molecule has 14 heteroatoms. The fourth-order valence-electron chi connectivity index (χ4n) is 4.89. The molecule has 0 saturated carbocycles. The van der Waals surface area contributed by atoms with E-state index in [1.54, 1.807) is 38.1 Å². The van der Waals surface area contributed by atoms with Gasteiger partial charge in [0.25, 0.3) is 5.91 Å². The Morgan fingerprint density at radius 3 is 1.97 bits per heavy atom. The normalized spacial score (nSPS) is 40.4. The highest BCUT2D eigenvalue weighted by atomic mass is 16.7. The molecule has 11 atom stereocenters. The van der Waals surface area contributed by atoms with Gasteiger partial charge in [-0.25, -0.2) is 0 Å². The number of carbonyl (C=O) groups excluding carboxylic acids is 2. The molecule has 3 aliphatic heterocycles. The minimum Gasteiger partial charge on any atom is -0.462 e. The minimum absolute atomic E-state index is 0.255. The first-order chi connectivity index (χ1) is 18.4. The summed E-state index contributed by atoms with van der Waals surface area (Å²) >= 11 is 0. The van der Waals surface area contributed by atoms with Crippen molar-refractivity contribution in [2.24, 2.45) is 5.41 Å². The first-order valence-corrected chi connectivity index (χ1v) is 12.6. The van der Waals surface area contributed by atoms with Gasteiger partial charge < -0.3 is 60.0 Å². The largest absolute Gasteiger partial charge is 0.462 e. The van der Waals surface area contributed by atoms with Gasteiger partial charge in [-0.15, -0.1) is 0 Å². The molecule has 1 aromatic rings. The average Bonchev–Trinajstić information content (AvgIpc) is 3.11. The molecule has 1 unspecified atom stereocenters. The van der Waals surface area contributed by atoms with Crippen LogP contribution in [0.15, 0.2) is 24.3 Å². The Morgan fingerprint density at radius 2 is 1.41 bits per heavy atom. The molecule has 14 nitrogen and oxygen atoms in total. The number of benzene rings is 1. The summed E-state index contributed by atoms with van der Waals surface area (Å²) in [7, 11) is 0. The lowest BCUT2D eigenvalue weighted by Gasteiger charge is -2.45. The van der Waals surface area contributed by atoms with Gasteiger partial charge in [0.1, 0.15) is 54.6 Å². The molecule has 39 heavy (non-hydrogen) atoms. The van der Waals surface area contributed by atoms with E-state index in [0.717, 1.165) is 5.56 Å². The summed E-state index contributed by atoms with van der Waals surface area (Å²) < 4.78 is 22.1. The molecule has 218 valence electrons. The van der Waals surface area contributed by atoms with Crippen LogP contribution in [0.25, 0.3) is 0 Å². The summed E-state index contributed by atoms with van der Waals surface area (Å²) in [6, 6.07) is 6.19. The zero-order valence-corrected chi connectivity index (χ0v) is 21.4. The third kappa shape index (κ3) is 5.81. The highest BCUT2D eigenvalue weighted by molar-refractivity contribution is 6.40. The van der Waals surface area contributed by atoms with Crippen molar-refractivity contribution in [2.75, 3.05) is 13.2 Å². The number of ketones is 1. The van der Waals surface area contributed by atoms with Crippen LogP contribution >= 0.6 is 0 Å². The quantitative estimate of drug-likeness (QED) is 0.144. The number of nitrogens with one attached hydrogen (secondary N) is 1. The number of hydrogen-bond acceptors (Lipinski definition) is 13. The van der Waals surface area contributed by atoms with E-state index in [1.165, 1.54) is 0 Å². The summed E-state index contributed by atoms with van der Waals surface area (Å²) in [5.41, 5.74) is -0.0440. The Bertz CT molecular complexity index is 1020. The Labute approximate surface area is 223 Å². The second-order valence-electron chi connectivity index (χ2n) is 10.5. The number of ether oxygens (including phenoxy) is 4. The molecule has 3 fully saturated rings. The van der Waals surface area contributed by atoms with Crippen LogP contribution < -0.4 is 10.1 Å². The van der Waals surface area contributed by atoms with Crippen LogP contribution in [0.1, 0.15) is 19.4 Å². The second-order valence-corrected chi connectivity index (χ2v) is 10.5. The summed E-state index contributed by atoms with van der Waals surface area (Å²) in [4.78, 5) is 23.8. The van der Waals surface area contributed by atoms with Crippen LogP contribution in [-0.2, 0) is 30.2 Å². The maximum absolute atomic E-state index is 12.1. The lowest BCUT2D eigenvalue weighted by Crippen LogP contribution is -2.65. The van der Waals surface area contributed by atoms with Gasteiger partial charge in [-0.3, -0.25) is 9.59 Å². The molecular weight excluding hydrogens is 522 g/mol. The first kappa shape index (κ1) is 29.7. The summed E-state index contributed by atoms with van der Waals surface area (Å²) in [6.45, 7) is 2.02. The average molecular weight is 558 g/mol. The minimum atomic E-state index is -1.76. The van der Waals surface area contributed by atoms with Crippen molar-refractivity contribution in [3.8, 4) is 5.75 Å². The smallest absolute Gasteiger partial charge is 0.288 e. The van der Waals surface area contributed by atoms with Crippen LogP contribution in [0.2, 0.25) is 0 Å². The molecule has 0 spiro atoms. The van der Waals surface area contributed by atoms with E-state index in [2.05, 4.69) is 5.32 Å².